The number of ether oxygens (including phenoxy) is 2. The zero-order valence-electron chi connectivity index (χ0n) is 20.5. The molecule has 204 valence electrons. The van der Waals surface area contributed by atoms with E-state index in [9.17, 15) is 18.4 Å². The molecule has 0 radical (unpaired) electrons. The number of piperidine rings is 1. The van der Waals surface area contributed by atoms with Crippen molar-refractivity contribution in [2.75, 3.05) is 32.9 Å². The topological polar surface area (TPSA) is 113 Å². The van der Waals surface area contributed by atoms with E-state index in [1.165, 1.54) is 23.5 Å². The van der Waals surface area contributed by atoms with Gasteiger partial charge in [0.15, 0.2) is 10.8 Å². The third kappa shape index (κ3) is 6.82. The second-order valence-electron chi connectivity index (χ2n) is 8.79. The van der Waals surface area contributed by atoms with Crippen molar-refractivity contribution in [3.8, 4) is 0 Å². The van der Waals surface area contributed by atoms with Crippen LogP contribution < -0.4 is 5.32 Å². The number of nitrogens with zero attached hydrogens (tertiary/aromatic N) is 3. The Morgan fingerprint density at radius 3 is 2.84 bits per heavy atom. The van der Waals surface area contributed by atoms with Crippen LogP contribution in [0.4, 0.5) is 8.78 Å². The van der Waals surface area contributed by atoms with Gasteiger partial charge in [-0.05, 0) is 37.5 Å². The lowest BCUT2D eigenvalue weighted by atomic mass is 9.94. The van der Waals surface area contributed by atoms with Crippen LogP contribution in [0.5, 0.6) is 0 Å². The van der Waals surface area contributed by atoms with Crippen LogP contribution in [0.25, 0.3) is 0 Å². The lowest BCUT2D eigenvalue weighted by Gasteiger charge is -2.39. The van der Waals surface area contributed by atoms with Crippen molar-refractivity contribution in [3.63, 3.8) is 0 Å². The number of alkyl halides is 1. The molecule has 3 atom stereocenters. The molecule has 0 saturated carbocycles. The monoisotopic (exact) mass is 612 g/mol. The molecule has 3 heterocycles. The van der Waals surface area contributed by atoms with Crippen molar-refractivity contribution in [1.82, 2.24) is 15.2 Å². The predicted octanol–water partition coefficient (Wildman–Crippen LogP) is 3.86. The maximum atomic E-state index is 14.5. The molecule has 1 aromatic carbocycles. The number of carboxylic acids is 1. The van der Waals surface area contributed by atoms with Gasteiger partial charge in [-0.1, -0.05) is 22.0 Å². The standard InChI is InChI=1S/C25H27BrF2N4O5S/c1-2-37-25(35)21-19(11-32-10-15(28)3-5-16(32)12-36-13-20(33)34)30-23(24-29-7-8-38-24)31-22(21)17-6-4-14(27)9-18(17)26/h4,6-9,15-16,22H,2-3,5,10-13H2,1H3,(H,30,31)(H,33,34). The fraction of sp³-hybridized carbons (Fsp3) is 0.440. The number of rotatable bonds is 10. The number of likely N-dealkylation sites (tertiary alicyclic amines) is 1. The van der Waals surface area contributed by atoms with E-state index in [-0.39, 0.29) is 37.9 Å². The second kappa shape index (κ2) is 12.9. The highest BCUT2D eigenvalue weighted by molar-refractivity contribution is 9.10. The first kappa shape index (κ1) is 28.3. The number of aliphatic imine (C=N–C) groups is 1. The summed E-state index contributed by atoms with van der Waals surface area (Å²) in [5.74, 6) is -1.73. The summed E-state index contributed by atoms with van der Waals surface area (Å²) in [7, 11) is 0. The molecule has 13 heteroatoms. The Morgan fingerprint density at radius 2 is 2.16 bits per heavy atom. The van der Waals surface area contributed by atoms with Gasteiger partial charge < -0.3 is 19.9 Å². The Kier molecular flexibility index (Phi) is 9.58. The average molecular weight is 613 g/mol. The van der Waals surface area contributed by atoms with E-state index in [0.29, 0.717) is 39.4 Å². The molecule has 0 amide bonds. The van der Waals surface area contributed by atoms with Gasteiger partial charge in [0.05, 0.1) is 18.8 Å². The molecule has 1 fully saturated rings. The maximum absolute atomic E-state index is 14.5. The molecule has 1 aromatic heterocycles. The predicted molar refractivity (Wildman–Crippen MR) is 140 cm³/mol. The molecule has 2 aliphatic heterocycles. The number of nitrogens with one attached hydrogen (secondary N) is 1. The maximum Gasteiger partial charge on any atom is 0.338 e. The van der Waals surface area contributed by atoms with Crippen LogP contribution in [0.1, 0.15) is 36.4 Å². The highest BCUT2D eigenvalue weighted by atomic mass is 79.9. The molecule has 0 bridgehead atoms. The third-order valence-corrected chi connectivity index (χ3v) is 7.64. The van der Waals surface area contributed by atoms with Gasteiger partial charge in [-0.15, -0.1) is 11.3 Å². The quantitative estimate of drug-likeness (QED) is 0.389. The Morgan fingerprint density at radius 1 is 1.34 bits per heavy atom. The molecular formula is C25H27BrF2N4O5S. The summed E-state index contributed by atoms with van der Waals surface area (Å²) in [6, 6.07) is 3.02. The normalized spacial score (nSPS) is 22.1. The number of hydrogen-bond acceptors (Lipinski definition) is 9. The number of halogens is 3. The van der Waals surface area contributed by atoms with E-state index < -0.39 is 36.6 Å². The van der Waals surface area contributed by atoms with Gasteiger partial charge >= 0.3 is 11.9 Å². The van der Waals surface area contributed by atoms with Gasteiger partial charge in [-0.3, -0.25) is 9.89 Å². The van der Waals surface area contributed by atoms with Crippen molar-refractivity contribution in [2.24, 2.45) is 4.99 Å². The second-order valence-corrected chi connectivity index (χ2v) is 10.5. The number of carboxylic acid groups (broad SMARTS) is 1. The number of benzene rings is 1. The molecule has 0 spiro atoms. The average Bonchev–Trinajstić information content (AvgIpc) is 3.40. The van der Waals surface area contributed by atoms with E-state index in [2.05, 4.69) is 26.2 Å². The Balaban J connectivity index is 1.76. The zero-order valence-corrected chi connectivity index (χ0v) is 22.9. The lowest BCUT2D eigenvalue weighted by molar-refractivity contribution is -0.143. The summed E-state index contributed by atoms with van der Waals surface area (Å²) >= 11 is 4.75. The number of aromatic nitrogens is 1. The fourth-order valence-electron chi connectivity index (χ4n) is 4.49. The first-order valence-electron chi connectivity index (χ1n) is 12.0. The molecule has 2 aromatic rings. The van der Waals surface area contributed by atoms with Crippen molar-refractivity contribution >= 4 is 45.0 Å². The van der Waals surface area contributed by atoms with Crippen LogP contribution in [0.15, 0.2) is 50.5 Å². The van der Waals surface area contributed by atoms with Gasteiger partial charge in [0.2, 0.25) is 0 Å². The van der Waals surface area contributed by atoms with Crippen molar-refractivity contribution < 1.29 is 33.0 Å². The van der Waals surface area contributed by atoms with E-state index in [0.717, 1.165) is 0 Å². The highest BCUT2D eigenvalue weighted by Gasteiger charge is 2.37. The minimum absolute atomic E-state index is 0.0804. The molecule has 2 N–H and O–H groups in total. The summed E-state index contributed by atoms with van der Waals surface area (Å²) in [6.07, 6.45) is 1.33. The highest BCUT2D eigenvalue weighted by Crippen LogP contribution is 2.37. The summed E-state index contributed by atoms with van der Waals surface area (Å²) < 4.78 is 39.6. The molecule has 9 nitrogen and oxygen atoms in total. The van der Waals surface area contributed by atoms with Crippen LogP contribution in [0, 0.1) is 5.82 Å². The zero-order chi connectivity index (χ0) is 27.2. The Hall–Kier alpha value is -2.74. The van der Waals surface area contributed by atoms with Gasteiger partial charge in [0.25, 0.3) is 0 Å². The minimum atomic E-state index is -1.09. The molecule has 3 unspecified atom stereocenters. The Labute approximate surface area is 230 Å². The van der Waals surface area contributed by atoms with Crippen molar-refractivity contribution in [2.45, 2.75) is 38.0 Å². The Bertz CT molecular complexity index is 1230. The number of hydrogen-bond donors (Lipinski definition) is 2. The first-order chi connectivity index (χ1) is 18.3. The minimum Gasteiger partial charge on any atom is -0.480 e. The molecule has 1 saturated heterocycles. The summed E-state index contributed by atoms with van der Waals surface area (Å²) in [4.78, 5) is 35.2. The van der Waals surface area contributed by atoms with Gasteiger partial charge in [-0.25, -0.2) is 23.4 Å². The number of carbonyl (C=O) groups excluding carboxylic acids is 1. The number of esters is 1. The van der Waals surface area contributed by atoms with Gasteiger partial charge in [-0.2, -0.15) is 0 Å². The first-order valence-corrected chi connectivity index (χ1v) is 13.7. The molecule has 2 aliphatic rings. The van der Waals surface area contributed by atoms with Crippen LogP contribution in [0.2, 0.25) is 0 Å². The fourth-order valence-corrected chi connectivity index (χ4v) is 5.64. The van der Waals surface area contributed by atoms with Crippen molar-refractivity contribution in [3.05, 3.63) is 61.9 Å². The summed E-state index contributed by atoms with van der Waals surface area (Å²) in [5, 5.41) is 14.5. The number of thiazole rings is 1. The number of carbonyl (C=O) groups is 2. The van der Waals surface area contributed by atoms with Crippen LogP contribution in [0.3, 0.4) is 0 Å². The summed E-state index contributed by atoms with van der Waals surface area (Å²) in [5.41, 5.74) is 1.21. The lowest BCUT2D eigenvalue weighted by Crippen LogP contribution is -2.50. The largest absolute Gasteiger partial charge is 0.480 e. The third-order valence-electron chi connectivity index (χ3n) is 6.17. The van der Waals surface area contributed by atoms with Crippen LogP contribution >= 0.6 is 27.3 Å². The summed E-state index contributed by atoms with van der Waals surface area (Å²) in [6.45, 7) is 1.65. The van der Waals surface area contributed by atoms with E-state index >= 15 is 0 Å². The smallest absolute Gasteiger partial charge is 0.338 e. The van der Waals surface area contributed by atoms with E-state index in [1.54, 1.807) is 24.6 Å². The van der Waals surface area contributed by atoms with Crippen LogP contribution in [-0.2, 0) is 19.1 Å². The number of amidine groups is 1. The molecular weight excluding hydrogens is 586 g/mol. The van der Waals surface area contributed by atoms with Gasteiger partial charge in [0, 0.05) is 40.9 Å². The van der Waals surface area contributed by atoms with Crippen molar-refractivity contribution in [1.29, 1.82) is 0 Å². The van der Waals surface area contributed by atoms with Gasteiger partial charge in [0.1, 0.15) is 24.6 Å². The SMILES string of the molecule is CCOC(=O)C1=C(CN2CC(F)CCC2COCC(=O)O)NC(c2nccs2)=NC1c1ccc(F)cc1Br. The van der Waals surface area contributed by atoms with Crippen LogP contribution in [-0.4, -0.2) is 77.9 Å². The van der Waals surface area contributed by atoms with E-state index in [4.69, 9.17) is 19.6 Å². The van der Waals surface area contributed by atoms with E-state index in [1.807, 2.05) is 4.90 Å². The molecule has 4 rings (SSSR count). The molecule has 38 heavy (non-hydrogen) atoms. The number of aliphatic carboxylic acids is 1. The molecule has 0 aliphatic carbocycles.